The monoisotopic (exact) mass is 302 g/mol. The number of hydrogen-bond acceptors (Lipinski definition) is 3. The van der Waals surface area contributed by atoms with Crippen molar-refractivity contribution in [2.24, 2.45) is 5.73 Å². The quantitative estimate of drug-likeness (QED) is 0.891. The number of carbonyl (C=O) groups is 1. The third-order valence-corrected chi connectivity index (χ3v) is 4.27. The Balaban J connectivity index is 2.11. The van der Waals surface area contributed by atoms with Gasteiger partial charge in [-0.3, -0.25) is 9.00 Å². The number of anilines is 1. The molecule has 1 amide bonds. The van der Waals surface area contributed by atoms with Gasteiger partial charge in [0.25, 0.3) is 0 Å². The first-order valence-corrected chi connectivity index (χ1v) is 8.10. The van der Waals surface area contributed by atoms with E-state index in [0.29, 0.717) is 12.1 Å². The molecule has 2 aromatic carbocycles. The smallest absolute Gasteiger partial charge is 0.249 e. The van der Waals surface area contributed by atoms with Crippen LogP contribution >= 0.6 is 0 Å². The molecule has 0 aliphatic heterocycles. The number of benzene rings is 2. The van der Waals surface area contributed by atoms with E-state index in [-0.39, 0.29) is 0 Å². The highest BCUT2D eigenvalue weighted by Gasteiger charge is 2.08. The summed E-state index contributed by atoms with van der Waals surface area (Å²) in [5.41, 5.74) is 8.67. The van der Waals surface area contributed by atoms with Gasteiger partial charge in [-0.2, -0.15) is 0 Å². The number of carbonyl (C=O) groups excluding carboxylic acids is 1. The van der Waals surface area contributed by atoms with Gasteiger partial charge >= 0.3 is 0 Å². The summed E-state index contributed by atoms with van der Waals surface area (Å²) in [4.78, 5) is 12.1. The van der Waals surface area contributed by atoms with Crippen molar-refractivity contribution in [3.05, 3.63) is 59.2 Å². The first-order valence-electron chi connectivity index (χ1n) is 6.54. The van der Waals surface area contributed by atoms with E-state index in [1.165, 1.54) is 0 Å². The van der Waals surface area contributed by atoms with E-state index in [9.17, 15) is 9.00 Å². The van der Waals surface area contributed by atoms with Gasteiger partial charge in [-0.05, 0) is 42.3 Å². The summed E-state index contributed by atoms with van der Waals surface area (Å²) in [5.74, 6) is -0.425. The molecule has 0 aromatic heterocycles. The Morgan fingerprint density at radius 1 is 1.19 bits per heavy atom. The second-order valence-corrected chi connectivity index (χ2v) is 6.17. The van der Waals surface area contributed by atoms with Crippen LogP contribution in [0.1, 0.15) is 21.5 Å². The second-order valence-electron chi connectivity index (χ2n) is 4.79. The second kappa shape index (κ2) is 6.54. The molecular weight excluding hydrogens is 284 g/mol. The van der Waals surface area contributed by atoms with Crippen molar-refractivity contribution in [3.63, 3.8) is 0 Å². The molecule has 2 rings (SSSR count). The van der Waals surface area contributed by atoms with Crippen LogP contribution < -0.4 is 11.1 Å². The molecular formula is C16H18N2O2S. The first-order chi connectivity index (χ1) is 9.99. The van der Waals surface area contributed by atoms with Crippen molar-refractivity contribution >= 4 is 22.4 Å². The summed E-state index contributed by atoms with van der Waals surface area (Å²) in [5, 5.41) is 3.29. The lowest BCUT2D eigenvalue weighted by Gasteiger charge is -2.12. The third kappa shape index (κ3) is 3.70. The van der Waals surface area contributed by atoms with Gasteiger partial charge in [0.15, 0.2) is 0 Å². The van der Waals surface area contributed by atoms with Crippen LogP contribution in [-0.2, 0) is 17.3 Å². The highest BCUT2D eigenvalue weighted by Crippen LogP contribution is 2.19. The van der Waals surface area contributed by atoms with Crippen molar-refractivity contribution in [2.75, 3.05) is 11.6 Å². The summed E-state index contributed by atoms with van der Waals surface area (Å²) in [6, 6.07) is 13.0. The minimum absolute atomic E-state index is 0.425. The Bertz CT molecular complexity index is 681. The van der Waals surface area contributed by atoms with Gasteiger partial charge in [-0.15, -0.1) is 0 Å². The molecule has 0 saturated heterocycles. The molecule has 0 spiro atoms. The molecule has 0 fully saturated rings. The number of hydrogen-bond donors (Lipinski definition) is 2. The standard InChI is InChI=1S/C16H18N2O2S/c1-11-14(16(17)19)4-3-5-15(11)18-10-12-6-8-13(9-7-12)21(2)20/h3-9,18H,10H2,1-2H3,(H2,17,19). The number of amides is 1. The summed E-state index contributed by atoms with van der Waals surface area (Å²) in [7, 11) is -0.961. The van der Waals surface area contributed by atoms with E-state index in [4.69, 9.17) is 5.73 Å². The summed E-state index contributed by atoms with van der Waals surface area (Å²) in [6.07, 6.45) is 1.66. The lowest BCUT2D eigenvalue weighted by Crippen LogP contribution is -2.13. The predicted octanol–water partition coefficient (Wildman–Crippen LogP) is 2.44. The maximum Gasteiger partial charge on any atom is 0.249 e. The molecule has 3 N–H and O–H groups in total. The van der Waals surface area contributed by atoms with E-state index in [1.807, 2.05) is 37.3 Å². The van der Waals surface area contributed by atoms with Gasteiger partial charge in [0.1, 0.15) is 0 Å². The lowest BCUT2D eigenvalue weighted by atomic mass is 10.1. The van der Waals surface area contributed by atoms with Gasteiger partial charge in [0, 0.05) is 39.7 Å². The van der Waals surface area contributed by atoms with E-state index in [1.54, 1.807) is 18.4 Å². The molecule has 0 bridgehead atoms. The largest absolute Gasteiger partial charge is 0.381 e. The normalized spacial score (nSPS) is 11.9. The van der Waals surface area contributed by atoms with Crippen LogP contribution in [-0.4, -0.2) is 16.4 Å². The van der Waals surface area contributed by atoms with Crippen molar-refractivity contribution < 1.29 is 9.00 Å². The Hall–Kier alpha value is -2.14. The third-order valence-electron chi connectivity index (χ3n) is 3.34. The molecule has 0 saturated carbocycles. The Morgan fingerprint density at radius 3 is 2.43 bits per heavy atom. The highest BCUT2D eigenvalue weighted by atomic mass is 32.2. The first kappa shape index (κ1) is 15.3. The molecule has 0 aliphatic carbocycles. The van der Waals surface area contributed by atoms with Gasteiger partial charge in [0.2, 0.25) is 5.91 Å². The van der Waals surface area contributed by atoms with Crippen LogP contribution in [0.5, 0.6) is 0 Å². The fraction of sp³-hybridized carbons (Fsp3) is 0.188. The van der Waals surface area contributed by atoms with E-state index in [2.05, 4.69) is 5.32 Å². The Labute approximate surface area is 126 Å². The van der Waals surface area contributed by atoms with Crippen molar-refractivity contribution in [2.45, 2.75) is 18.4 Å². The maximum absolute atomic E-state index is 11.3. The molecule has 4 nitrogen and oxygen atoms in total. The molecule has 110 valence electrons. The van der Waals surface area contributed by atoms with Crippen LogP contribution in [0.3, 0.4) is 0 Å². The van der Waals surface area contributed by atoms with Gasteiger partial charge in [-0.1, -0.05) is 18.2 Å². The van der Waals surface area contributed by atoms with Gasteiger partial charge in [0.05, 0.1) is 0 Å². The highest BCUT2D eigenvalue weighted by molar-refractivity contribution is 7.84. The van der Waals surface area contributed by atoms with Crippen molar-refractivity contribution in [1.29, 1.82) is 0 Å². The van der Waals surface area contributed by atoms with Gasteiger partial charge in [-0.25, -0.2) is 0 Å². The summed E-state index contributed by atoms with van der Waals surface area (Å²) >= 11 is 0. The summed E-state index contributed by atoms with van der Waals surface area (Å²) < 4.78 is 11.3. The molecule has 1 unspecified atom stereocenters. The van der Waals surface area contributed by atoms with E-state index in [0.717, 1.165) is 21.7 Å². The van der Waals surface area contributed by atoms with Gasteiger partial charge < -0.3 is 11.1 Å². The predicted molar refractivity (Wildman–Crippen MR) is 85.8 cm³/mol. The average molecular weight is 302 g/mol. The number of primary amides is 1. The molecule has 0 radical (unpaired) electrons. The Morgan fingerprint density at radius 2 is 1.86 bits per heavy atom. The minimum atomic E-state index is -0.961. The van der Waals surface area contributed by atoms with Crippen LogP contribution in [0.2, 0.25) is 0 Å². The number of nitrogens with one attached hydrogen (secondary N) is 1. The number of nitrogens with two attached hydrogens (primary N) is 1. The van der Waals surface area contributed by atoms with E-state index >= 15 is 0 Å². The lowest BCUT2D eigenvalue weighted by molar-refractivity contribution is 0.1000. The minimum Gasteiger partial charge on any atom is -0.381 e. The molecule has 21 heavy (non-hydrogen) atoms. The SMILES string of the molecule is Cc1c(NCc2ccc(S(C)=O)cc2)cccc1C(N)=O. The van der Waals surface area contributed by atoms with Crippen LogP contribution in [0.4, 0.5) is 5.69 Å². The van der Waals surface area contributed by atoms with Crippen LogP contribution in [0, 0.1) is 6.92 Å². The fourth-order valence-electron chi connectivity index (χ4n) is 2.09. The Kier molecular flexibility index (Phi) is 4.75. The molecule has 1 atom stereocenters. The summed E-state index contributed by atoms with van der Waals surface area (Å²) in [6.45, 7) is 2.49. The zero-order valence-corrected chi connectivity index (χ0v) is 12.9. The van der Waals surface area contributed by atoms with E-state index < -0.39 is 16.7 Å². The molecule has 0 aliphatic rings. The average Bonchev–Trinajstić information content (AvgIpc) is 2.46. The maximum atomic E-state index is 11.3. The molecule has 0 heterocycles. The van der Waals surface area contributed by atoms with Crippen molar-refractivity contribution in [3.8, 4) is 0 Å². The number of rotatable bonds is 5. The van der Waals surface area contributed by atoms with Crippen LogP contribution in [0.15, 0.2) is 47.4 Å². The van der Waals surface area contributed by atoms with Crippen LogP contribution in [0.25, 0.3) is 0 Å². The zero-order chi connectivity index (χ0) is 15.4. The zero-order valence-electron chi connectivity index (χ0n) is 12.1. The topological polar surface area (TPSA) is 72.2 Å². The fourth-order valence-corrected chi connectivity index (χ4v) is 2.61. The van der Waals surface area contributed by atoms with Crippen molar-refractivity contribution in [1.82, 2.24) is 0 Å². The molecule has 2 aromatic rings. The molecule has 5 heteroatoms.